The van der Waals surface area contributed by atoms with Crippen molar-refractivity contribution in [2.45, 2.75) is 30.7 Å². The van der Waals surface area contributed by atoms with Crippen LogP contribution in [0.1, 0.15) is 19.3 Å². The number of benzene rings is 2. The van der Waals surface area contributed by atoms with Crippen LogP contribution in [0, 0.1) is 0 Å². The standard InChI is InChI=1S/C20H20ClN5O4S/c21-16-9-8-14(31(29,30)25-10-4-1-5-11-25)12-18(16)22-19(27)13-26-20(28)15-6-2-3-7-17(15)23-24-26/h2-3,6-9,12H,1,4-5,10-11,13H2,(H,22,27). The van der Waals surface area contributed by atoms with Gasteiger partial charge in [0.15, 0.2) is 0 Å². The smallest absolute Gasteiger partial charge is 0.278 e. The summed E-state index contributed by atoms with van der Waals surface area (Å²) >= 11 is 6.17. The van der Waals surface area contributed by atoms with Gasteiger partial charge in [0.05, 0.1) is 21.0 Å². The molecule has 0 bridgehead atoms. The van der Waals surface area contributed by atoms with Gasteiger partial charge in [-0.15, -0.1) is 5.10 Å². The van der Waals surface area contributed by atoms with Gasteiger partial charge < -0.3 is 5.32 Å². The van der Waals surface area contributed by atoms with E-state index < -0.39 is 28.0 Å². The van der Waals surface area contributed by atoms with E-state index in [2.05, 4.69) is 15.6 Å². The van der Waals surface area contributed by atoms with Gasteiger partial charge in [-0.2, -0.15) is 4.31 Å². The van der Waals surface area contributed by atoms with Crippen LogP contribution < -0.4 is 10.9 Å². The first kappa shape index (κ1) is 21.4. The van der Waals surface area contributed by atoms with Gasteiger partial charge in [-0.25, -0.2) is 13.1 Å². The summed E-state index contributed by atoms with van der Waals surface area (Å²) in [5.41, 5.74) is 0.127. The van der Waals surface area contributed by atoms with Gasteiger partial charge in [-0.1, -0.05) is 35.4 Å². The van der Waals surface area contributed by atoms with Gasteiger partial charge >= 0.3 is 0 Å². The van der Waals surface area contributed by atoms with E-state index in [1.54, 1.807) is 24.3 Å². The lowest BCUT2D eigenvalue weighted by atomic mass is 10.2. The number of hydrogen-bond donors (Lipinski definition) is 1. The molecule has 11 heteroatoms. The maximum atomic E-state index is 12.9. The van der Waals surface area contributed by atoms with E-state index in [-0.39, 0.29) is 15.6 Å². The summed E-state index contributed by atoms with van der Waals surface area (Å²) in [6.07, 6.45) is 2.64. The van der Waals surface area contributed by atoms with E-state index in [1.165, 1.54) is 22.5 Å². The maximum absolute atomic E-state index is 12.9. The predicted molar refractivity (Wildman–Crippen MR) is 116 cm³/mol. The second-order valence-electron chi connectivity index (χ2n) is 7.22. The third-order valence-electron chi connectivity index (χ3n) is 5.09. The lowest BCUT2D eigenvalue weighted by Crippen LogP contribution is -2.35. The molecule has 31 heavy (non-hydrogen) atoms. The van der Waals surface area contributed by atoms with Crippen molar-refractivity contribution in [3.05, 3.63) is 57.8 Å². The Balaban J connectivity index is 1.55. The Labute approximate surface area is 183 Å². The van der Waals surface area contributed by atoms with Crippen LogP contribution >= 0.6 is 11.6 Å². The van der Waals surface area contributed by atoms with Gasteiger partial charge in [0, 0.05) is 13.1 Å². The van der Waals surface area contributed by atoms with Crippen LogP contribution in [0.2, 0.25) is 5.02 Å². The number of halogens is 1. The van der Waals surface area contributed by atoms with Crippen LogP contribution in [0.3, 0.4) is 0 Å². The summed E-state index contributed by atoms with van der Waals surface area (Å²) in [4.78, 5) is 25.1. The molecule has 3 aromatic rings. The lowest BCUT2D eigenvalue weighted by molar-refractivity contribution is -0.117. The highest BCUT2D eigenvalue weighted by Crippen LogP contribution is 2.28. The van der Waals surface area contributed by atoms with Crippen LogP contribution in [0.25, 0.3) is 10.9 Å². The highest BCUT2D eigenvalue weighted by Gasteiger charge is 2.26. The molecule has 1 amide bonds. The van der Waals surface area contributed by atoms with Crippen molar-refractivity contribution in [3.63, 3.8) is 0 Å². The summed E-state index contributed by atoms with van der Waals surface area (Å²) < 4.78 is 28.2. The second kappa shape index (κ2) is 8.74. The first-order valence-electron chi connectivity index (χ1n) is 9.78. The Hall–Kier alpha value is -2.82. The van der Waals surface area contributed by atoms with Crippen molar-refractivity contribution in [1.82, 2.24) is 19.3 Å². The quantitative estimate of drug-likeness (QED) is 0.623. The van der Waals surface area contributed by atoms with Gasteiger partial charge in [0.2, 0.25) is 15.9 Å². The van der Waals surface area contributed by atoms with Crippen molar-refractivity contribution < 1.29 is 13.2 Å². The third-order valence-corrected chi connectivity index (χ3v) is 7.31. The van der Waals surface area contributed by atoms with E-state index in [0.29, 0.717) is 24.0 Å². The molecule has 9 nitrogen and oxygen atoms in total. The van der Waals surface area contributed by atoms with Crippen LogP contribution in [-0.2, 0) is 21.4 Å². The Morgan fingerprint density at radius 3 is 2.61 bits per heavy atom. The summed E-state index contributed by atoms with van der Waals surface area (Å²) in [7, 11) is -3.68. The SMILES string of the molecule is O=C(Cn1nnc2ccccc2c1=O)Nc1cc(S(=O)(=O)N2CCCCC2)ccc1Cl. The molecular formula is C20H20ClN5O4S. The number of fused-ring (bicyclic) bond motifs is 1. The molecule has 1 fully saturated rings. The van der Waals surface area contributed by atoms with Crippen molar-refractivity contribution in [3.8, 4) is 0 Å². The minimum absolute atomic E-state index is 0.0526. The normalized spacial score (nSPS) is 15.1. The number of piperidine rings is 1. The number of carbonyl (C=O) groups excluding carboxylic acids is 1. The van der Waals surface area contributed by atoms with Crippen LogP contribution in [0.4, 0.5) is 5.69 Å². The topological polar surface area (TPSA) is 114 Å². The van der Waals surface area contributed by atoms with Gasteiger partial charge in [0.25, 0.3) is 5.56 Å². The molecule has 2 aromatic carbocycles. The molecule has 0 saturated carbocycles. The molecule has 0 radical (unpaired) electrons. The number of carbonyl (C=O) groups is 1. The van der Waals surface area contributed by atoms with Crippen LogP contribution in [0.15, 0.2) is 52.2 Å². The molecule has 0 unspecified atom stereocenters. The number of nitrogens with one attached hydrogen (secondary N) is 1. The zero-order valence-electron chi connectivity index (χ0n) is 16.5. The highest BCUT2D eigenvalue weighted by molar-refractivity contribution is 7.89. The first-order chi connectivity index (χ1) is 14.9. The Kier molecular flexibility index (Phi) is 6.03. The fourth-order valence-corrected chi connectivity index (χ4v) is 5.18. The zero-order chi connectivity index (χ0) is 22.0. The molecule has 1 aliphatic heterocycles. The number of sulfonamides is 1. The largest absolute Gasteiger partial charge is 0.323 e. The third kappa shape index (κ3) is 4.46. The van der Waals surface area contributed by atoms with Crippen molar-refractivity contribution in [1.29, 1.82) is 0 Å². The van der Waals surface area contributed by atoms with Crippen molar-refractivity contribution in [2.24, 2.45) is 0 Å². The van der Waals surface area contributed by atoms with Crippen LogP contribution in [-0.4, -0.2) is 46.7 Å². The van der Waals surface area contributed by atoms with Crippen LogP contribution in [0.5, 0.6) is 0 Å². The fourth-order valence-electron chi connectivity index (χ4n) is 3.47. The first-order valence-corrected chi connectivity index (χ1v) is 11.6. The van der Waals surface area contributed by atoms with E-state index >= 15 is 0 Å². The Morgan fingerprint density at radius 2 is 1.84 bits per heavy atom. The molecule has 0 atom stereocenters. The second-order valence-corrected chi connectivity index (χ2v) is 9.57. The zero-order valence-corrected chi connectivity index (χ0v) is 18.1. The minimum Gasteiger partial charge on any atom is -0.323 e. The molecule has 0 spiro atoms. The van der Waals surface area contributed by atoms with E-state index in [9.17, 15) is 18.0 Å². The molecule has 1 N–H and O–H groups in total. The number of anilines is 1. The molecule has 0 aliphatic carbocycles. The lowest BCUT2D eigenvalue weighted by Gasteiger charge is -2.26. The summed E-state index contributed by atoms with van der Waals surface area (Å²) in [6, 6.07) is 10.9. The molecule has 4 rings (SSSR count). The predicted octanol–water partition coefficient (Wildman–Crippen LogP) is 2.26. The number of rotatable bonds is 5. The van der Waals surface area contributed by atoms with Crippen molar-refractivity contribution >= 4 is 44.1 Å². The minimum atomic E-state index is -3.68. The summed E-state index contributed by atoms with van der Waals surface area (Å²) in [5, 5.41) is 10.8. The Bertz CT molecular complexity index is 1300. The highest BCUT2D eigenvalue weighted by atomic mass is 35.5. The molecule has 1 aliphatic rings. The monoisotopic (exact) mass is 461 g/mol. The van der Waals surface area contributed by atoms with Gasteiger partial charge in [-0.05, 0) is 43.2 Å². The summed E-state index contributed by atoms with van der Waals surface area (Å²) in [5.74, 6) is -0.582. The van der Waals surface area contributed by atoms with Crippen molar-refractivity contribution in [2.75, 3.05) is 18.4 Å². The molecule has 162 valence electrons. The number of nitrogens with zero attached hydrogens (tertiary/aromatic N) is 4. The van der Waals surface area contributed by atoms with E-state index in [1.807, 2.05) is 0 Å². The molecule has 1 saturated heterocycles. The fraction of sp³-hybridized carbons (Fsp3) is 0.300. The maximum Gasteiger partial charge on any atom is 0.278 e. The van der Waals surface area contributed by atoms with Gasteiger partial charge in [-0.3, -0.25) is 9.59 Å². The average Bonchev–Trinajstić information content (AvgIpc) is 2.78. The molecule has 1 aromatic heterocycles. The van der Waals surface area contributed by atoms with E-state index in [0.717, 1.165) is 23.9 Å². The Morgan fingerprint density at radius 1 is 1.10 bits per heavy atom. The number of hydrogen-bond acceptors (Lipinski definition) is 6. The number of aromatic nitrogens is 3. The molecular weight excluding hydrogens is 442 g/mol. The number of amides is 1. The molecule has 2 heterocycles. The summed E-state index contributed by atoms with van der Waals surface area (Å²) in [6.45, 7) is 0.544. The average molecular weight is 462 g/mol. The van der Waals surface area contributed by atoms with Gasteiger partial charge in [0.1, 0.15) is 12.1 Å². The van der Waals surface area contributed by atoms with E-state index in [4.69, 9.17) is 11.6 Å².